The van der Waals surface area contributed by atoms with Crippen molar-refractivity contribution in [1.29, 1.82) is 0 Å². The van der Waals surface area contributed by atoms with Crippen molar-refractivity contribution in [3.05, 3.63) is 76.9 Å². The molecule has 1 saturated carbocycles. The van der Waals surface area contributed by atoms with Gasteiger partial charge < -0.3 is 19.5 Å². The highest BCUT2D eigenvalue weighted by atomic mass is 19.3. The number of rotatable bonds is 9. The van der Waals surface area contributed by atoms with Gasteiger partial charge in [-0.15, -0.1) is 0 Å². The Kier molecular flexibility index (Phi) is 9.54. The molecule has 3 fully saturated rings. The number of carbonyl (C=O) groups excluding carboxylic acids is 3. The SMILES string of the molecule is CN(C[C@H]1CC[C@H](n2cc(NC(=O)c3ccn4cccnc34)c(C(F)F)n2)CC1)C1CCN(c2cccc3c2n(C)c(=O)n3C2CCC(=O)NC2=O)CC1. The van der Waals surface area contributed by atoms with Crippen molar-refractivity contribution in [1.82, 2.24) is 38.5 Å². The molecule has 0 radical (unpaired) electrons. The van der Waals surface area contributed by atoms with Crippen LogP contribution in [0.15, 0.2) is 59.9 Å². The molecule has 16 heteroatoms. The van der Waals surface area contributed by atoms with Gasteiger partial charge in [0, 0.05) is 63.9 Å². The summed E-state index contributed by atoms with van der Waals surface area (Å²) in [6.07, 6.45) is 9.66. The largest absolute Gasteiger partial charge is 0.370 e. The molecular formula is C38H44F2N10O4. The van der Waals surface area contributed by atoms with Gasteiger partial charge in [0.2, 0.25) is 11.8 Å². The zero-order valence-corrected chi connectivity index (χ0v) is 30.3. The highest BCUT2D eigenvalue weighted by Gasteiger charge is 2.34. The summed E-state index contributed by atoms with van der Waals surface area (Å²) in [5.41, 5.74) is 2.49. The van der Waals surface area contributed by atoms with Crippen LogP contribution < -0.4 is 21.2 Å². The van der Waals surface area contributed by atoms with Gasteiger partial charge in [0.15, 0.2) is 5.69 Å². The lowest BCUT2D eigenvalue weighted by molar-refractivity contribution is -0.135. The van der Waals surface area contributed by atoms with E-state index in [9.17, 15) is 28.0 Å². The lowest BCUT2D eigenvalue weighted by Gasteiger charge is -2.40. The molecule has 3 aliphatic rings. The van der Waals surface area contributed by atoms with Gasteiger partial charge in [-0.1, -0.05) is 6.07 Å². The molecule has 54 heavy (non-hydrogen) atoms. The number of benzene rings is 1. The van der Waals surface area contributed by atoms with Gasteiger partial charge in [-0.2, -0.15) is 5.10 Å². The van der Waals surface area contributed by atoms with Crippen molar-refractivity contribution >= 4 is 45.8 Å². The summed E-state index contributed by atoms with van der Waals surface area (Å²) in [5, 5.41) is 9.28. The predicted octanol–water partition coefficient (Wildman–Crippen LogP) is 4.68. The molecule has 1 aliphatic carbocycles. The molecule has 3 amide bonds. The number of amides is 3. The van der Waals surface area contributed by atoms with E-state index in [2.05, 4.69) is 37.6 Å². The lowest BCUT2D eigenvalue weighted by atomic mass is 9.85. The van der Waals surface area contributed by atoms with E-state index in [4.69, 9.17) is 0 Å². The van der Waals surface area contributed by atoms with Crippen LogP contribution in [0.2, 0.25) is 0 Å². The zero-order chi connectivity index (χ0) is 37.7. The molecule has 4 aromatic heterocycles. The van der Waals surface area contributed by atoms with E-state index >= 15 is 0 Å². The van der Waals surface area contributed by atoms with E-state index in [0.29, 0.717) is 35.1 Å². The number of carbonyl (C=O) groups is 3. The van der Waals surface area contributed by atoms with Crippen molar-refractivity contribution in [2.24, 2.45) is 13.0 Å². The number of imidazole rings is 1. The minimum absolute atomic E-state index is 0.0174. The van der Waals surface area contributed by atoms with Crippen LogP contribution in [0.1, 0.15) is 85.9 Å². The summed E-state index contributed by atoms with van der Waals surface area (Å²) in [6, 6.07) is 8.82. The number of fused-ring (bicyclic) bond motifs is 2. The maximum absolute atomic E-state index is 14.1. The number of hydrogen-bond acceptors (Lipinski definition) is 8. The van der Waals surface area contributed by atoms with Crippen LogP contribution in [0.25, 0.3) is 16.7 Å². The molecule has 1 unspecified atom stereocenters. The summed E-state index contributed by atoms with van der Waals surface area (Å²) in [4.78, 5) is 60.0. The Morgan fingerprint density at radius 1 is 1.02 bits per heavy atom. The number of nitrogens with zero attached hydrogens (tertiary/aromatic N) is 8. The molecule has 0 bridgehead atoms. The molecule has 2 aliphatic heterocycles. The van der Waals surface area contributed by atoms with E-state index in [1.807, 2.05) is 18.2 Å². The van der Waals surface area contributed by atoms with Crippen molar-refractivity contribution < 1.29 is 23.2 Å². The minimum atomic E-state index is -2.83. The molecule has 2 N–H and O–H groups in total. The highest BCUT2D eigenvalue weighted by molar-refractivity contribution is 6.08. The monoisotopic (exact) mass is 742 g/mol. The molecule has 8 rings (SSSR count). The Morgan fingerprint density at radius 2 is 1.80 bits per heavy atom. The third-order valence-electron chi connectivity index (χ3n) is 11.6. The first-order valence-electron chi connectivity index (χ1n) is 18.7. The Morgan fingerprint density at radius 3 is 2.54 bits per heavy atom. The standard InChI is InChI=1S/C38H44F2N10O4/c1-45(24-13-18-47(19-14-24)28-5-3-6-29-33(28)46(2)38(54)50(29)30-11-12-31(51)43-37(30)53)21-23-7-9-25(10-8-23)49-22-27(32(44-49)34(39)40)42-36(52)26-15-20-48-17-4-16-41-35(26)48/h3-6,15-17,20,22-25,30,34H,7-14,18-19,21H2,1-2H3,(H,42,52)(H,43,51,53)/t23-,25-,30?. The van der Waals surface area contributed by atoms with Gasteiger partial charge in [0.1, 0.15) is 11.7 Å². The number of aryl methyl sites for hydroxylation is 1. The molecule has 14 nitrogen and oxygen atoms in total. The molecule has 2 saturated heterocycles. The fraction of sp³-hybridized carbons (Fsp3) is 0.474. The number of imide groups is 1. The summed E-state index contributed by atoms with van der Waals surface area (Å²) in [5.74, 6) is -0.799. The number of nitrogens with one attached hydrogen (secondary N) is 2. The molecule has 1 aromatic carbocycles. The summed E-state index contributed by atoms with van der Waals surface area (Å²) >= 11 is 0. The Bertz CT molecular complexity index is 2280. The second kappa shape index (κ2) is 14.5. The number of halogens is 2. The van der Waals surface area contributed by atoms with Crippen molar-refractivity contribution in [2.45, 2.75) is 75.9 Å². The average molecular weight is 743 g/mol. The number of piperidine rings is 2. The van der Waals surface area contributed by atoms with Crippen molar-refractivity contribution in [2.75, 3.05) is 36.9 Å². The number of anilines is 2. The molecule has 284 valence electrons. The summed E-state index contributed by atoms with van der Waals surface area (Å²) < 4.78 is 34.6. The maximum Gasteiger partial charge on any atom is 0.329 e. The third-order valence-corrected chi connectivity index (χ3v) is 11.6. The van der Waals surface area contributed by atoms with E-state index < -0.39 is 30.0 Å². The first-order chi connectivity index (χ1) is 26.1. The number of para-hydroxylation sites is 1. The molecule has 0 spiro atoms. The Labute approximate surface area is 309 Å². The van der Waals surface area contributed by atoms with Gasteiger partial charge in [-0.25, -0.2) is 18.6 Å². The minimum Gasteiger partial charge on any atom is -0.370 e. The smallest absolute Gasteiger partial charge is 0.329 e. The number of alkyl halides is 2. The second-order valence-electron chi connectivity index (χ2n) is 14.9. The van der Waals surface area contributed by atoms with Crippen molar-refractivity contribution in [3.8, 4) is 0 Å². The lowest BCUT2D eigenvalue weighted by Crippen LogP contribution is -2.45. The van der Waals surface area contributed by atoms with E-state index in [1.54, 1.807) is 51.4 Å². The maximum atomic E-state index is 14.1. The van der Waals surface area contributed by atoms with Gasteiger partial charge in [-0.3, -0.25) is 33.5 Å². The molecule has 5 aromatic rings. The average Bonchev–Trinajstić information content (AvgIpc) is 3.87. The van der Waals surface area contributed by atoms with Gasteiger partial charge >= 0.3 is 5.69 Å². The highest BCUT2D eigenvalue weighted by Crippen LogP contribution is 2.37. The van der Waals surface area contributed by atoms with Crippen LogP contribution in [-0.2, 0) is 16.6 Å². The van der Waals surface area contributed by atoms with Crippen LogP contribution in [-0.4, -0.2) is 83.6 Å². The number of aromatic nitrogens is 6. The summed E-state index contributed by atoms with van der Waals surface area (Å²) in [6.45, 7) is 2.58. The quantitative estimate of drug-likeness (QED) is 0.207. The first-order valence-corrected chi connectivity index (χ1v) is 18.7. The zero-order valence-electron chi connectivity index (χ0n) is 30.3. The van der Waals surface area contributed by atoms with Crippen molar-refractivity contribution in [3.63, 3.8) is 0 Å². The van der Waals surface area contributed by atoms with E-state index in [-0.39, 0.29) is 29.7 Å². The van der Waals surface area contributed by atoms with Crippen LogP contribution in [0.3, 0.4) is 0 Å². The normalized spacial score (nSPS) is 21.4. The second-order valence-corrected chi connectivity index (χ2v) is 14.9. The van der Waals surface area contributed by atoms with Crippen LogP contribution in [0.5, 0.6) is 0 Å². The van der Waals surface area contributed by atoms with Crippen LogP contribution in [0.4, 0.5) is 20.2 Å². The van der Waals surface area contributed by atoms with Gasteiger partial charge in [-0.05, 0) is 82.2 Å². The van der Waals surface area contributed by atoms with Gasteiger partial charge in [0.25, 0.3) is 12.3 Å². The van der Waals surface area contributed by atoms with Gasteiger partial charge in [0.05, 0.1) is 34.0 Å². The number of hydrogen-bond donors (Lipinski definition) is 2. The van der Waals surface area contributed by atoms with E-state index in [0.717, 1.165) is 69.4 Å². The van der Waals surface area contributed by atoms with Crippen LogP contribution in [0, 0.1) is 5.92 Å². The topological polar surface area (TPSA) is 144 Å². The van der Waals surface area contributed by atoms with E-state index in [1.165, 1.54) is 10.8 Å². The fourth-order valence-electron chi connectivity index (χ4n) is 8.76. The fourth-order valence-corrected chi connectivity index (χ4v) is 8.76. The first kappa shape index (κ1) is 35.6. The third kappa shape index (κ3) is 6.56. The molecule has 6 heterocycles. The Hall–Kier alpha value is -5.38. The molecule has 1 atom stereocenters. The predicted molar refractivity (Wildman–Crippen MR) is 198 cm³/mol. The van der Waals surface area contributed by atoms with Crippen LogP contribution >= 0.6 is 0 Å². The molecular weight excluding hydrogens is 698 g/mol. The Balaban J connectivity index is 0.868. The summed E-state index contributed by atoms with van der Waals surface area (Å²) in [7, 11) is 3.91.